The average Bonchev–Trinajstić information content (AvgIpc) is 2.87. The Morgan fingerprint density at radius 3 is 2.50 bits per heavy atom. The van der Waals surface area contributed by atoms with Crippen LogP contribution in [0.3, 0.4) is 0 Å². The molecule has 0 aromatic heterocycles. The van der Waals surface area contributed by atoms with Gasteiger partial charge in [0.2, 0.25) is 0 Å². The highest BCUT2D eigenvalue weighted by atomic mass is 35.5. The van der Waals surface area contributed by atoms with Crippen LogP contribution in [0.2, 0.25) is 5.02 Å². The summed E-state index contributed by atoms with van der Waals surface area (Å²) in [7, 11) is 0. The van der Waals surface area contributed by atoms with Gasteiger partial charge in [-0.25, -0.2) is 0 Å². The lowest BCUT2D eigenvalue weighted by molar-refractivity contribution is -0.181. The molecule has 0 atom stereocenters. The smallest absolute Gasteiger partial charge is 0.254 e. The zero-order chi connectivity index (χ0) is 14.2. The van der Waals surface area contributed by atoms with Crippen molar-refractivity contribution in [1.29, 1.82) is 0 Å². The minimum absolute atomic E-state index is 0.0620. The molecule has 1 amide bonds. The highest BCUT2D eigenvalue weighted by molar-refractivity contribution is 6.30. The van der Waals surface area contributed by atoms with E-state index in [2.05, 4.69) is 0 Å². The van der Waals surface area contributed by atoms with Crippen LogP contribution in [-0.2, 0) is 9.47 Å². The first-order chi connectivity index (χ1) is 9.60. The monoisotopic (exact) mass is 295 g/mol. The van der Waals surface area contributed by atoms with E-state index in [1.807, 2.05) is 17.9 Å². The number of hydrogen-bond acceptors (Lipinski definition) is 3. The van der Waals surface area contributed by atoms with Crippen LogP contribution in [-0.4, -0.2) is 42.9 Å². The molecule has 2 fully saturated rings. The predicted molar refractivity (Wildman–Crippen MR) is 76.0 cm³/mol. The van der Waals surface area contributed by atoms with Gasteiger partial charge < -0.3 is 14.4 Å². The fourth-order valence-corrected chi connectivity index (χ4v) is 3.10. The van der Waals surface area contributed by atoms with Crippen LogP contribution in [0.15, 0.2) is 18.2 Å². The number of hydrogen-bond donors (Lipinski definition) is 0. The molecule has 0 radical (unpaired) electrons. The van der Waals surface area contributed by atoms with Gasteiger partial charge in [-0.1, -0.05) is 11.6 Å². The number of rotatable bonds is 1. The van der Waals surface area contributed by atoms with Gasteiger partial charge in [0, 0.05) is 36.5 Å². The number of nitrogens with zero attached hydrogens (tertiary/aromatic N) is 1. The number of carbonyl (C=O) groups excluding carboxylic acids is 1. The average molecular weight is 296 g/mol. The maximum Gasteiger partial charge on any atom is 0.254 e. The van der Waals surface area contributed by atoms with Crippen molar-refractivity contribution in [3.8, 4) is 0 Å². The molecule has 3 rings (SSSR count). The molecule has 1 spiro atoms. The largest absolute Gasteiger partial charge is 0.347 e. The summed E-state index contributed by atoms with van der Waals surface area (Å²) in [6.45, 7) is 4.56. The van der Waals surface area contributed by atoms with Crippen molar-refractivity contribution < 1.29 is 14.3 Å². The van der Waals surface area contributed by atoms with Crippen LogP contribution in [0, 0.1) is 6.92 Å². The highest BCUT2D eigenvalue weighted by Gasteiger charge is 2.40. The third kappa shape index (κ3) is 2.55. The Bertz CT molecular complexity index is 516. The van der Waals surface area contributed by atoms with Gasteiger partial charge in [-0.2, -0.15) is 0 Å². The van der Waals surface area contributed by atoms with Crippen molar-refractivity contribution in [3.05, 3.63) is 34.3 Å². The van der Waals surface area contributed by atoms with Gasteiger partial charge in [-0.05, 0) is 30.7 Å². The molecule has 20 heavy (non-hydrogen) atoms. The Balaban J connectivity index is 1.69. The number of carbonyl (C=O) groups is 1. The van der Waals surface area contributed by atoms with E-state index in [0.717, 1.165) is 24.0 Å². The van der Waals surface area contributed by atoms with E-state index < -0.39 is 5.79 Å². The second kappa shape index (κ2) is 5.35. The SMILES string of the molecule is Cc1cc(Cl)ccc1C(=O)N1CCC2(CC1)OCCO2. The number of piperidine rings is 1. The first kappa shape index (κ1) is 13.9. The number of likely N-dealkylation sites (tertiary alicyclic amines) is 1. The second-order valence-corrected chi connectivity index (χ2v) is 5.80. The highest BCUT2D eigenvalue weighted by Crippen LogP contribution is 2.32. The van der Waals surface area contributed by atoms with E-state index in [1.165, 1.54) is 0 Å². The summed E-state index contributed by atoms with van der Waals surface area (Å²) in [5, 5.41) is 0.657. The van der Waals surface area contributed by atoms with Gasteiger partial charge >= 0.3 is 0 Å². The maximum atomic E-state index is 12.5. The van der Waals surface area contributed by atoms with E-state index >= 15 is 0 Å². The molecule has 2 aliphatic heterocycles. The van der Waals surface area contributed by atoms with Crippen LogP contribution in [0.4, 0.5) is 0 Å². The van der Waals surface area contributed by atoms with E-state index in [-0.39, 0.29) is 5.91 Å². The second-order valence-electron chi connectivity index (χ2n) is 5.36. The zero-order valence-corrected chi connectivity index (χ0v) is 12.3. The molecule has 0 saturated carbocycles. The number of benzene rings is 1. The van der Waals surface area contributed by atoms with Gasteiger partial charge in [0.25, 0.3) is 5.91 Å². The van der Waals surface area contributed by atoms with E-state index in [1.54, 1.807) is 12.1 Å². The summed E-state index contributed by atoms with van der Waals surface area (Å²) in [4.78, 5) is 14.4. The molecular formula is C15H18ClNO3. The van der Waals surface area contributed by atoms with Gasteiger partial charge in [0.05, 0.1) is 13.2 Å². The molecule has 0 bridgehead atoms. The van der Waals surface area contributed by atoms with Gasteiger partial charge in [0.15, 0.2) is 5.79 Å². The first-order valence-electron chi connectivity index (χ1n) is 6.93. The lowest BCUT2D eigenvalue weighted by Gasteiger charge is -2.37. The van der Waals surface area contributed by atoms with Gasteiger partial charge in [-0.15, -0.1) is 0 Å². The molecule has 2 saturated heterocycles. The molecule has 2 aliphatic rings. The third-order valence-corrected chi connectivity index (χ3v) is 4.28. The normalized spacial score (nSPS) is 21.4. The molecule has 1 aromatic rings. The van der Waals surface area contributed by atoms with Crippen molar-refractivity contribution in [2.75, 3.05) is 26.3 Å². The van der Waals surface area contributed by atoms with E-state index in [4.69, 9.17) is 21.1 Å². The van der Waals surface area contributed by atoms with Crippen molar-refractivity contribution in [1.82, 2.24) is 4.90 Å². The number of amides is 1. The summed E-state index contributed by atoms with van der Waals surface area (Å²) >= 11 is 5.93. The van der Waals surface area contributed by atoms with Crippen LogP contribution in [0.1, 0.15) is 28.8 Å². The van der Waals surface area contributed by atoms with Crippen LogP contribution >= 0.6 is 11.6 Å². The first-order valence-corrected chi connectivity index (χ1v) is 7.31. The molecule has 0 aliphatic carbocycles. The minimum atomic E-state index is -0.439. The Kier molecular flexibility index (Phi) is 3.71. The number of halogens is 1. The Hall–Kier alpha value is -1.10. The fourth-order valence-electron chi connectivity index (χ4n) is 2.87. The molecule has 5 heteroatoms. The lowest BCUT2D eigenvalue weighted by Crippen LogP contribution is -2.47. The van der Waals surface area contributed by atoms with Crippen LogP contribution in [0.5, 0.6) is 0 Å². The lowest BCUT2D eigenvalue weighted by atomic mass is 10.0. The molecule has 0 N–H and O–H groups in total. The summed E-state index contributed by atoms with van der Waals surface area (Å²) < 4.78 is 11.4. The van der Waals surface area contributed by atoms with Gasteiger partial charge in [-0.3, -0.25) is 4.79 Å². The summed E-state index contributed by atoms with van der Waals surface area (Å²) in [6.07, 6.45) is 1.48. The Morgan fingerprint density at radius 1 is 1.25 bits per heavy atom. The zero-order valence-electron chi connectivity index (χ0n) is 11.5. The van der Waals surface area contributed by atoms with Crippen molar-refractivity contribution in [2.45, 2.75) is 25.6 Å². The van der Waals surface area contributed by atoms with Crippen molar-refractivity contribution in [3.63, 3.8) is 0 Å². The predicted octanol–water partition coefficient (Wildman–Crippen LogP) is 2.63. The topological polar surface area (TPSA) is 38.8 Å². The van der Waals surface area contributed by atoms with E-state index in [0.29, 0.717) is 31.3 Å². The number of aryl methyl sites for hydroxylation is 1. The molecule has 2 heterocycles. The minimum Gasteiger partial charge on any atom is -0.347 e. The maximum absolute atomic E-state index is 12.5. The van der Waals surface area contributed by atoms with E-state index in [9.17, 15) is 4.79 Å². The van der Waals surface area contributed by atoms with Crippen LogP contribution in [0.25, 0.3) is 0 Å². The molecule has 4 nitrogen and oxygen atoms in total. The Morgan fingerprint density at radius 2 is 1.90 bits per heavy atom. The van der Waals surface area contributed by atoms with Gasteiger partial charge in [0.1, 0.15) is 0 Å². The Labute approximate surface area is 123 Å². The number of ether oxygens (including phenoxy) is 2. The standard InChI is InChI=1S/C15H18ClNO3/c1-11-10-12(16)2-3-13(11)14(18)17-6-4-15(5-7-17)19-8-9-20-15/h2-3,10H,4-9H2,1H3. The quantitative estimate of drug-likeness (QED) is 0.799. The summed E-state index contributed by atoms with van der Waals surface area (Å²) in [5.41, 5.74) is 1.63. The molecule has 1 aromatic carbocycles. The summed E-state index contributed by atoms with van der Waals surface area (Å²) in [5.74, 6) is -0.377. The molecule has 0 unspecified atom stereocenters. The van der Waals surface area contributed by atoms with Crippen molar-refractivity contribution in [2.24, 2.45) is 0 Å². The summed E-state index contributed by atoms with van der Waals surface area (Å²) in [6, 6.07) is 5.38. The third-order valence-electron chi connectivity index (χ3n) is 4.04. The molecular weight excluding hydrogens is 278 g/mol. The van der Waals surface area contributed by atoms with Crippen LogP contribution < -0.4 is 0 Å². The fraction of sp³-hybridized carbons (Fsp3) is 0.533. The molecule has 108 valence electrons. The van der Waals surface area contributed by atoms with Crippen molar-refractivity contribution >= 4 is 17.5 Å².